The van der Waals surface area contributed by atoms with Gasteiger partial charge in [-0.1, -0.05) is 30.0 Å². The number of anilines is 1. The normalized spacial score (nSPS) is 17.5. The number of fused-ring (bicyclic) bond motifs is 1. The molecule has 4 heterocycles. The topological polar surface area (TPSA) is 136 Å². The van der Waals surface area contributed by atoms with Gasteiger partial charge in [0, 0.05) is 45.8 Å². The van der Waals surface area contributed by atoms with Crippen molar-refractivity contribution < 1.29 is 24.6 Å². The second-order valence-electron chi connectivity index (χ2n) is 8.38. The first-order valence-electron chi connectivity index (χ1n) is 11.1. The quantitative estimate of drug-likeness (QED) is 0.428. The molecule has 0 aromatic carbocycles. The molecule has 0 bridgehead atoms. The van der Waals surface area contributed by atoms with Crippen LogP contribution in [0.25, 0.3) is 11.7 Å². The molecule has 1 amide bonds. The number of aryl methyl sites for hydroxylation is 1. The van der Waals surface area contributed by atoms with Crippen LogP contribution in [0.2, 0.25) is 0 Å². The van der Waals surface area contributed by atoms with Crippen LogP contribution in [-0.4, -0.2) is 91.3 Å². The van der Waals surface area contributed by atoms with Gasteiger partial charge in [-0.15, -0.1) is 0 Å². The molecule has 0 radical (unpaired) electrons. The molecule has 0 spiro atoms. The van der Waals surface area contributed by atoms with Gasteiger partial charge in [-0.2, -0.15) is 0 Å². The zero-order chi connectivity index (χ0) is 26.6. The Balaban J connectivity index is 0.000000840. The number of nitrogens with zero attached hydrogens (tertiary/aromatic N) is 5. The van der Waals surface area contributed by atoms with E-state index >= 15 is 0 Å². The van der Waals surface area contributed by atoms with Crippen LogP contribution in [-0.2, 0) is 14.4 Å². The van der Waals surface area contributed by atoms with Gasteiger partial charge in [0.1, 0.15) is 15.8 Å². The lowest BCUT2D eigenvalue weighted by Gasteiger charge is -2.34. The zero-order valence-electron chi connectivity index (χ0n) is 20.1. The molecular weight excluding hydrogens is 506 g/mol. The molecule has 2 saturated heterocycles. The number of amides is 1. The summed E-state index contributed by atoms with van der Waals surface area (Å²) in [5.74, 6) is -1.69. The van der Waals surface area contributed by atoms with Crippen molar-refractivity contribution in [2.45, 2.75) is 20.3 Å². The number of piperazine rings is 1. The smallest absolute Gasteiger partial charge is 0.305 e. The van der Waals surface area contributed by atoms with Crippen molar-refractivity contribution in [3.63, 3.8) is 0 Å². The summed E-state index contributed by atoms with van der Waals surface area (Å²) in [6.07, 6.45) is 3.08. The van der Waals surface area contributed by atoms with Crippen LogP contribution in [0.4, 0.5) is 5.82 Å². The molecule has 2 aliphatic heterocycles. The van der Waals surface area contributed by atoms with Crippen molar-refractivity contribution in [2.75, 3.05) is 44.7 Å². The van der Waals surface area contributed by atoms with Crippen LogP contribution < -0.4 is 10.5 Å². The maximum atomic E-state index is 13.5. The van der Waals surface area contributed by atoms with E-state index in [0.29, 0.717) is 35.0 Å². The fraction of sp³-hybridized carbons (Fsp3) is 0.391. The minimum atomic E-state index is -1.01. The van der Waals surface area contributed by atoms with Gasteiger partial charge in [-0.25, -0.2) is 4.98 Å². The predicted octanol–water partition coefficient (Wildman–Crippen LogP) is 1.52. The molecule has 36 heavy (non-hydrogen) atoms. The van der Waals surface area contributed by atoms with E-state index in [1.165, 1.54) is 9.30 Å². The van der Waals surface area contributed by atoms with Crippen LogP contribution in [0.15, 0.2) is 28.0 Å². The van der Waals surface area contributed by atoms with Crippen LogP contribution in [0.3, 0.4) is 0 Å². The number of carboxylic acids is 2. The Morgan fingerprint density at radius 2 is 1.81 bits per heavy atom. The molecule has 2 fully saturated rings. The van der Waals surface area contributed by atoms with Crippen molar-refractivity contribution in [1.29, 1.82) is 0 Å². The van der Waals surface area contributed by atoms with Crippen molar-refractivity contribution >= 4 is 63.7 Å². The third kappa shape index (κ3) is 6.47. The maximum absolute atomic E-state index is 13.5. The molecular formula is C23H27N5O6S2. The summed E-state index contributed by atoms with van der Waals surface area (Å²) < 4.78 is 1.78. The summed E-state index contributed by atoms with van der Waals surface area (Å²) in [6.45, 7) is 6.08. The fourth-order valence-electron chi connectivity index (χ4n) is 3.66. The Kier molecular flexibility index (Phi) is 8.82. The number of carboxylic acid groups (broad SMARTS) is 2. The molecule has 0 atom stereocenters. The van der Waals surface area contributed by atoms with Gasteiger partial charge >= 0.3 is 5.97 Å². The standard InChI is InChI=1S/C21H23N5O4S2.C2H4O2/c1-13-3-4-16-22-18(24-9-7-23(2)8-10-24)14(19(29)26(16)12-13)11-15-20(30)25(21(31)32-15)6-5-17(27)28;1-2(3)4/h3-4,11-12H,5-10H2,1-2H3,(H,27,28);1H3,(H,3,4). The monoisotopic (exact) mass is 533 g/mol. The largest absolute Gasteiger partial charge is 0.481 e. The summed E-state index contributed by atoms with van der Waals surface area (Å²) in [7, 11) is 2.05. The van der Waals surface area contributed by atoms with Gasteiger partial charge in [0.25, 0.3) is 17.4 Å². The summed E-state index contributed by atoms with van der Waals surface area (Å²) in [5.41, 5.74) is 1.53. The van der Waals surface area contributed by atoms with Crippen LogP contribution >= 0.6 is 24.0 Å². The van der Waals surface area contributed by atoms with E-state index in [2.05, 4.69) is 9.80 Å². The van der Waals surface area contributed by atoms with E-state index in [4.69, 9.17) is 32.2 Å². The van der Waals surface area contributed by atoms with Crippen molar-refractivity contribution in [1.82, 2.24) is 19.2 Å². The van der Waals surface area contributed by atoms with E-state index in [1.807, 2.05) is 26.1 Å². The number of thiocarbonyl (C=S) groups is 1. The highest BCUT2D eigenvalue weighted by molar-refractivity contribution is 8.26. The Morgan fingerprint density at radius 3 is 2.42 bits per heavy atom. The van der Waals surface area contributed by atoms with E-state index in [1.54, 1.807) is 12.3 Å². The van der Waals surface area contributed by atoms with Crippen molar-refractivity contribution in [2.24, 2.45) is 0 Å². The first-order valence-corrected chi connectivity index (χ1v) is 12.3. The first-order chi connectivity index (χ1) is 17.0. The third-order valence-electron chi connectivity index (χ3n) is 5.49. The van der Waals surface area contributed by atoms with E-state index < -0.39 is 11.9 Å². The second kappa shape index (κ2) is 11.6. The molecule has 0 aliphatic carbocycles. The Morgan fingerprint density at radius 1 is 1.17 bits per heavy atom. The summed E-state index contributed by atoms with van der Waals surface area (Å²) >= 11 is 6.35. The molecule has 2 N–H and O–H groups in total. The molecule has 4 rings (SSSR count). The maximum Gasteiger partial charge on any atom is 0.305 e. The average Bonchev–Trinajstić information content (AvgIpc) is 3.07. The zero-order valence-corrected chi connectivity index (χ0v) is 21.8. The number of aromatic nitrogens is 2. The lowest BCUT2D eigenvalue weighted by molar-refractivity contribution is -0.137. The van der Waals surface area contributed by atoms with E-state index in [-0.39, 0.29) is 28.8 Å². The highest BCUT2D eigenvalue weighted by Crippen LogP contribution is 2.33. The summed E-state index contributed by atoms with van der Waals surface area (Å²) in [5, 5.41) is 16.4. The summed E-state index contributed by atoms with van der Waals surface area (Å²) in [4.78, 5) is 56.9. The van der Waals surface area contributed by atoms with E-state index in [9.17, 15) is 14.4 Å². The highest BCUT2D eigenvalue weighted by atomic mass is 32.2. The van der Waals surface area contributed by atoms with Crippen LogP contribution in [0, 0.1) is 6.92 Å². The molecule has 2 aromatic heterocycles. The number of hydrogen-bond acceptors (Lipinski definition) is 9. The van der Waals surface area contributed by atoms with Crippen molar-refractivity contribution in [3.05, 3.63) is 44.7 Å². The molecule has 13 heteroatoms. The predicted molar refractivity (Wildman–Crippen MR) is 141 cm³/mol. The molecule has 192 valence electrons. The Labute approximate surface area is 217 Å². The minimum Gasteiger partial charge on any atom is -0.481 e. The Hall–Kier alpha value is -3.29. The molecule has 2 aromatic rings. The lowest BCUT2D eigenvalue weighted by atomic mass is 10.2. The molecule has 11 nitrogen and oxygen atoms in total. The number of aliphatic carboxylic acids is 2. The fourth-order valence-corrected chi connectivity index (χ4v) is 4.95. The third-order valence-corrected chi connectivity index (χ3v) is 6.86. The Bertz CT molecular complexity index is 1300. The number of thioether (sulfide) groups is 1. The van der Waals surface area contributed by atoms with Gasteiger partial charge in [-0.05, 0) is 31.7 Å². The van der Waals surface area contributed by atoms with E-state index in [0.717, 1.165) is 37.3 Å². The van der Waals surface area contributed by atoms with Gasteiger partial charge in [0.15, 0.2) is 0 Å². The number of carbonyl (C=O) groups excluding carboxylic acids is 1. The van der Waals surface area contributed by atoms with Gasteiger partial charge < -0.3 is 20.0 Å². The molecule has 0 saturated carbocycles. The number of hydrogen-bond donors (Lipinski definition) is 2. The van der Waals surface area contributed by atoms with Gasteiger partial charge in [-0.3, -0.25) is 28.5 Å². The number of pyridine rings is 1. The SMILES string of the molecule is CC(=O)O.Cc1ccc2nc(N3CCN(C)CC3)c(C=C3SC(=S)N(CCC(=O)O)C3=O)c(=O)n2c1. The molecule has 0 unspecified atom stereocenters. The van der Waals surface area contributed by atoms with Crippen LogP contribution in [0.5, 0.6) is 0 Å². The van der Waals surface area contributed by atoms with Crippen molar-refractivity contribution in [3.8, 4) is 0 Å². The number of carbonyl (C=O) groups is 3. The minimum absolute atomic E-state index is 0.00317. The van der Waals surface area contributed by atoms with Crippen LogP contribution in [0.1, 0.15) is 24.5 Å². The van der Waals surface area contributed by atoms with Gasteiger partial charge in [0.2, 0.25) is 0 Å². The first kappa shape index (κ1) is 27.3. The second-order valence-corrected chi connectivity index (χ2v) is 10.1. The number of likely N-dealkylation sites (N-methyl/N-ethyl adjacent to an activating group) is 1. The highest BCUT2D eigenvalue weighted by Gasteiger charge is 2.33. The summed E-state index contributed by atoms with van der Waals surface area (Å²) in [6, 6.07) is 3.72. The average molecular weight is 534 g/mol. The number of rotatable bonds is 5. The van der Waals surface area contributed by atoms with Gasteiger partial charge in [0.05, 0.1) is 16.9 Å². The lowest BCUT2D eigenvalue weighted by Crippen LogP contribution is -2.45. The molecule has 2 aliphatic rings.